The van der Waals surface area contributed by atoms with Gasteiger partial charge in [-0.25, -0.2) is 4.68 Å². The second kappa shape index (κ2) is 7.03. The number of hydrogen-bond donors (Lipinski definition) is 1. The fraction of sp³-hybridized carbons (Fsp3) is 0.556. The summed E-state index contributed by atoms with van der Waals surface area (Å²) in [6.45, 7) is 2.95. The summed E-state index contributed by atoms with van der Waals surface area (Å²) in [5.74, 6) is 0.612. The first-order valence-corrected chi connectivity index (χ1v) is 9.04. The van der Waals surface area contributed by atoms with Crippen molar-refractivity contribution in [1.82, 2.24) is 20.3 Å². The van der Waals surface area contributed by atoms with E-state index in [1.54, 1.807) is 6.07 Å². The van der Waals surface area contributed by atoms with Gasteiger partial charge in [-0.05, 0) is 32.6 Å². The Balaban J connectivity index is 1.52. The summed E-state index contributed by atoms with van der Waals surface area (Å²) in [5.41, 5.74) is 1.90. The number of ether oxygens (including phenoxy) is 1. The molecule has 2 fully saturated rings. The topological polar surface area (TPSA) is 99.2 Å². The molecule has 1 atom stereocenters. The Morgan fingerprint density at radius 1 is 1.35 bits per heavy atom. The highest BCUT2D eigenvalue weighted by Gasteiger charge is 2.30. The molecule has 0 aromatic carbocycles. The maximum atomic E-state index is 12.4. The molecule has 1 aliphatic carbocycles. The minimum atomic E-state index is -0.328. The molecule has 1 saturated heterocycles. The molecule has 1 N–H and O–H groups in total. The van der Waals surface area contributed by atoms with Crippen molar-refractivity contribution in [3.63, 3.8) is 0 Å². The summed E-state index contributed by atoms with van der Waals surface area (Å²) in [4.78, 5) is 24.6. The second-order valence-electron chi connectivity index (χ2n) is 6.99. The van der Waals surface area contributed by atoms with Gasteiger partial charge in [0.1, 0.15) is 6.54 Å². The Bertz CT molecular complexity index is 862. The number of carbonyl (C=O) groups excluding carboxylic acids is 1. The van der Waals surface area contributed by atoms with Crippen LogP contribution in [0, 0.1) is 6.92 Å². The van der Waals surface area contributed by atoms with E-state index < -0.39 is 0 Å². The maximum Gasteiger partial charge on any atom is 0.267 e. The van der Waals surface area contributed by atoms with E-state index in [1.165, 1.54) is 10.7 Å². The Morgan fingerprint density at radius 3 is 2.85 bits per heavy atom. The number of nitrogens with one attached hydrogen (secondary N) is 1. The predicted octanol–water partition coefficient (Wildman–Crippen LogP) is 1.38. The largest absolute Gasteiger partial charge is 0.376 e. The van der Waals surface area contributed by atoms with Crippen molar-refractivity contribution in [2.24, 2.45) is 0 Å². The number of aryl methyl sites for hydroxylation is 1. The highest BCUT2D eigenvalue weighted by molar-refractivity contribution is 5.75. The molecule has 2 aliphatic rings. The highest BCUT2D eigenvalue weighted by atomic mass is 16.5. The van der Waals surface area contributed by atoms with E-state index in [4.69, 9.17) is 9.26 Å². The van der Waals surface area contributed by atoms with Crippen molar-refractivity contribution < 1.29 is 14.1 Å². The van der Waals surface area contributed by atoms with Gasteiger partial charge in [0.2, 0.25) is 5.91 Å². The van der Waals surface area contributed by atoms with E-state index >= 15 is 0 Å². The van der Waals surface area contributed by atoms with Crippen molar-refractivity contribution in [3.8, 4) is 11.3 Å². The van der Waals surface area contributed by atoms with Crippen LogP contribution in [0.4, 0.5) is 0 Å². The van der Waals surface area contributed by atoms with Gasteiger partial charge < -0.3 is 14.6 Å². The molecule has 4 rings (SSSR count). The van der Waals surface area contributed by atoms with Gasteiger partial charge in [0.15, 0.2) is 5.76 Å². The van der Waals surface area contributed by atoms with E-state index in [-0.39, 0.29) is 24.1 Å². The zero-order valence-electron chi connectivity index (χ0n) is 14.7. The molecule has 1 saturated carbocycles. The summed E-state index contributed by atoms with van der Waals surface area (Å²) in [7, 11) is 0. The lowest BCUT2D eigenvalue weighted by molar-refractivity contribution is -0.122. The Labute approximate surface area is 150 Å². The fourth-order valence-corrected chi connectivity index (χ4v) is 3.19. The molecule has 2 aromatic rings. The Hall–Kier alpha value is -2.48. The third kappa shape index (κ3) is 3.70. The number of amides is 1. The maximum absolute atomic E-state index is 12.4. The number of aromatic nitrogens is 3. The molecule has 0 spiro atoms. The molecule has 2 aromatic heterocycles. The molecular weight excluding hydrogens is 336 g/mol. The predicted molar refractivity (Wildman–Crippen MR) is 92.7 cm³/mol. The first-order chi connectivity index (χ1) is 12.6. The molecule has 26 heavy (non-hydrogen) atoms. The van der Waals surface area contributed by atoms with E-state index in [0.29, 0.717) is 23.8 Å². The van der Waals surface area contributed by atoms with Gasteiger partial charge in [0, 0.05) is 36.8 Å². The fourth-order valence-electron chi connectivity index (χ4n) is 3.19. The lowest BCUT2D eigenvalue weighted by Crippen LogP contribution is -2.37. The van der Waals surface area contributed by atoms with Gasteiger partial charge in [0.05, 0.1) is 17.5 Å². The zero-order chi connectivity index (χ0) is 18.1. The van der Waals surface area contributed by atoms with Crippen LogP contribution in [0.1, 0.15) is 43.0 Å². The number of carbonyl (C=O) groups is 1. The lowest BCUT2D eigenvalue weighted by Gasteiger charge is -2.12. The summed E-state index contributed by atoms with van der Waals surface area (Å²) in [6.07, 6.45) is 4.10. The highest BCUT2D eigenvalue weighted by Crippen LogP contribution is 2.42. The van der Waals surface area contributed by atoms with Crippen LogP contribution in [0.25, 0.3) is 11.3 Å². The monoisotopic (exact) mass is 358 g/mol. The van der Waals surface area contributed by atoms with Crippen molar-refractivity contribution in [2.75, 3.05) is 13.2 Å². The van der Waals surface area contributed by atoms with Crippen LogP contribution in [0.15, 0.2) is 21.5 Å². The average Bonchev–Trinajstić information content (AvgIpc) is 3.15. The van der Waals surface area contributed by atoms with Crippen LogP contribution in [-0.2, 0) is 16.1 Å². The van der Waals surface area contributed by atoms with E-state index in [2.05, 4.69) is 15.6 Å². The first kappa shape index (κ1) is 17.0. The van der Waals surface area contributed by atoms with Gasteiger partial charge in [0.25, 0.3) is 5.56 Å². The number of nitrogens with zero attached hydrogens (tertiary/aromatic N) is 3. The van der Waals surface area contributed by atoms with Crippen molar-refractivity contribution in [1.29, 1.82) is 0 Å². The van der Waals surface area contributed by atoms with Gasteiger partial charge in [-0.3, -0.25) is 9.59 Å². The average molecular weight is 358 g/mol. The van der Waals surface area contributed by atoms with Crippen LogP contribution < -0.4 is 10.9 Å². The summed E-state index contributed by atoms with van der Waals surface area (Å²) in [6, 6.07) is 3.29. The van der Waals surface area contributed by atoms with Crippen LogP contribution in [0.2, 0.25) is 0 Å². The molecule has 8 heteroatoms. The third-order valence-electron chi connectivity index (χ3n) is 4.73. The summed E-state index contributed by atoms with van der Waals surface area (Å²) >= 11 is 0. The molecule has 8 nitrogen and oxygen atoms in total. The summed E-state index contributed by atoms with van der Waals surface area (Å²) in [5, 5.41) is 11.2. The normalized spacial score (nSPS) is 19.7. The Kier molecular flexibility index (Phi) is 4.58. The van der Waals surface area contributed by atoms with Crippen LogP contribution in [0.3, 0.4) is 0 Å². The van der Waals surface area contributed by atoms with Gasteiger partial charge in [-0.1, -0.05) is 5.16 Å². The van der Waals surface area contributed by atoms with E-state index in [9.17, 15) is 9.59 Å². The smallest absolute Gasteiger partial charge is 0.267 e. The standard InChI is InChI=1S/C18H22N4O4/c1-11-7-15(26-21-11)14-8-17(24)22(20-18(14)12-4-5-12)10-16(23)19-9-13-3-2-6-25-13/h7-8,12-13H,2-6,9-10H2,1H3,(H,19,23)/t13-/m1/s1. The minimum absolute atomic E-state index is 0.0720. The van der Waals surface area contributed by atoms with Crippen LogP contribution in [-0.4, -0.2) is 40.1 Å². The quantitative estimate of drug-likeness (QED) is 0.837. The number of hydrogen-bond acceptors (Lipinski definition) is 6. The molecule has 0 bridgehead atoms. The van der Waals surface area contributed by atoms with E-state index in [0.717, 1.165) is 43.7 Å². The third-order valence-corrected chi connectivity index (χ3v) is 4.73. The van der Waals surface area contributed by atoms with Crippen LogP contribution in [0.5, 0.6) is 0 Å². The SMILES string of the molecule is Cc1cc(-c2cc(=O)n(CC(=O)NC[C@H]3CCCO3)nc2C2CC2)on1. The minimum Gasteiger partial charge on any atom is -0.376 e. The molecule has 3 heterocycles. The van der Waals surface area contributed by atoms with Crippen molar-refractivity contribution >= 4 is 5.91 Å². The van der Waals surface area contributed by atoms with Crippen molar-refractivity contribution in [2.45, 2.75) is 51.2 Å². The van der Waals surface area contributed by atoms with Gasteiger partial charge in [-0.15, -0.1) is 0 Å². The zero-order valence-corrected chi connectivity index (χ0v) is 14.7. The van der Waals surface area contributed by atoms with E-state index in [1.807, 2.05) is 6.92 Å². The molecule has 138 valence electrons. The first-order valence-electron chi connectivity index (χ1n) is 9.04. The van der Waals surface area contributed by atoms with Gasteiger partial charge >= 0.3 is 0 Å². The second-order valence-corrected chi connectivity index (χ2v) is 6.99. The molecule has 1 aliphatic heterocycles. The molecule has 0 unspecified atom stereocenters. The molecule has 1 amide bonds. The molecule has 0 radical (unpaired) electrons. The van der Waals surface area contributed by atoms with Crippen LogP contribution >= 0.6 is 0 Å². The lowest BCUT2D eigenvalue weighted by atomic mass is 10.1. The molecular formula is C18H22N4O4. The Morgan fingerprint density at radius 2 is 2.19 bits per heavy atom. The summed E-state index contributed by atoms with van der Waals surface area (Å²) < 4.78 is 12.0. The van der Waals surface area contributed by atoms with Gasteiger partial charge in [-0.2, -0.15) is 5.10 Å². The number of rotatable bonds is 6. The van der Waals surface area contributed by atoms with Crippen molar-refractivity contribution in [3.05, 3.63) is 33.9 Å².